The van der Waals surface area contributed by atoms with Gasteiger partial charge in [-0.3, -0.25) is 0 Å². The smallest absolute Gasteiger partial charge is 0.418 e. The minimum Gasteiger partial charge on any atom is -0.508 e. The molecule has 0 aliphatic carbocycles. The van der Waals surface area contributed by atoms with E-state index < -0.39 is 36.0 Å². The Balaban J connectivity index is 1.97. The number of alkyl halides is 3. The summed E-state index contributed by atoms with van der Waals surface area (Å²) in [5.74, 6) is -1.14. The Hall–Kier alpha value is -2.74. The molecule has 1 aliphatic rings. The van der Waals surface area contributed by atoms with Crippen molar-refractivity contribution in [1.29, 1.82) is 0 Å². The van der Waals surface area contributed by atoms with Gasteiger partial charge >= 0.3 is 6.18 Å². The number of benzene rings is 2. The van der Waals surface area contributed by atoms with Crippen LogP contribution in [0.4, 0.5) is 23.2 Å². The number of hydrogen-bond donors (Lipinski definition) is 3. The molecule has 0 amide bonds. The number of hydrogen-bond acceptors (Lipinski definition) is 4. The lowest BCUT2D eigenvalue weighted by molar-refractivity contribution is -0.262. The summed E-state index contributed by atoms with van der Waals surface area (Å²) >= 11 is 0. The molecule has 0 saturated carbocycles. The van der Waals surface area contributed by atoms with Crippen LogP contribution in [0, 0.1) is 5.82 Å². The van der Waals surface area contributed by atoms with Crippen molar-refractivity contribution in [2.24, 2.45) is 0 Å². The van der Waals surface area contributed by atoms with E-state index in [2.05, 4.69) is 0 Å². The molecule has 8 heteroatoms. The molecule has 30 heavy (non-hydrogen) atoms. The zero-order valence-electron chi connectivity index (χ0n) is 16.5. The van der Waals surface area contributed by atoms with Crippen molar-refractivity contribution >= 4 is 11.8 Å². The van der Waals surface area contributed by atoms with Gasteiger partial charge in [0.1, 0.15) is 17.3 Å². The second-order valence-corrected chi connectivity index (χ2v) is 8.28. The third kappa shape index (κ3) is 4.23. The molecule has 1 heterocycles. The summed E-state index contributed by atoms with van der Waals surface area (Å²) < 4.78 is 55.9. The highest BCUT2D eigenvalue weighted by Crippen LogP contribution is 2.45. The molecule has 162 valence electrons. The van der Waals surface area contributed by atoms with Crippen molar-refractivity contribution in [2.45, 2.75) is 37.5 Å². The number of phenolic OH excluding ortho intramolecular Hbond substituents is 2. The van der Waals surface area contributed by atoms with Gasteiger partial charge in [0, 0.05) is 23.9 Å². The Kier molecular flexibility index (Phi) is 5.49. The molecule has 4 nitrogen and oxygen atoms in total. The fourth-order valence-electron chi connectivity index (χ4n) is 3.94. The van der Waals surface area contributed by atoms with Crippen molar-refractivity contribution in [3.8, 4) is 11.5 Å². The highest BCUT2D eigenvalue weighted by Gasteiger charge is 2.57. The first-order chi connectivity index (χ1) is 13.8. The van der Waals surface area contributed by atoms with E-state index >= 15 is 0 Å². The van der Waals surface area contributed by atoms with Gasteiger partial charge in [0.05, 0.1) is 6.54 Å². The predicted molar refractivity (Wildman–Crippen MR) is 106 cm³/mol. The molecule has 0 saturated heterocycles. The lowest BCUT2D eigenvalue weighted by Crippen LogP contribution is -2.56. The molecule has 2 aromatic rings. The van der Waals surface area contributed by atoms with E-state index in [1.54, 1.807) is 18.2 Å². The fourth-order valence-corrected chi connectivity index (χ4v) is 3.94. The Morgan fingerprint density at radius 3 is 2.40 bits per heavy atom. The summed E-state index contributed by atoms with van der Waals surface area (Å²) in [6.45, 7) is 2.14. The van der Waals surface area contributed by atoms with Gasteiger partial charge in [-0.25, -0.2) is 4.39 Å². The maximum atomic E-state index is 14.1. The molecule has 1 unspecified atom stereocenters. The molecule has 0 bridgehead atoms. The topological polar surface area (TPSA) is 63.9 Å². The minimum atomic E-state index is -4.99. The van der Waals surface area contributed by atoms with Crippen LogP contribution in [0.2, 0.25) is 0 Å². The van der Waals surface area contributed by atoms with Crippen molar-refractivity contribution in [2.75, 3.05) is 18.0 Å². The number of anilines is 1. The molecule has 1 atom stereocenters. The first-order valence-corrected chi connectivity index (χ1v) is 9.35. The molecule has 0 fully saturated rings. The number of phenols is 2. The summed E-state index contributed by atoms with van der Waals surface area (Å²) in [5, 5.41) is 30.7. The van der Waals surface area contributed by atoms with Crippen molar-refractivity contribution < 1.29 is 32.9 Å². The van der Waals surface area contributed by atoms with Crippen LogP contribution in [-0.2, 0) is 5.41 Å². The third-order valence-electron chi connectivity index (χ3n) is 5.38. The Bertz CT molecular complexity index is 971. The average molecular weight is 425 g/mol. The maximum Gasteiger partial charge on any atom is 0.418 e. The van der Waals surface area contributed by atoms with Crippen LogP contribution in [-0.4, -0.2) is 40.2 Å². The van der Waals surface area contributed by atoms with Crippen LogP contribution in [0.25, 0.3) is 6.08 Å². The van der Waals surface area contributed by atoms with E-state index in [0.29, 0.717) is 11.3 Å². The monoisotopic (exact) mass is 425 g/mol. The average Bonchev–Trinajstić information content (AvgIpc) is 2.63. The van der Waals surface area contributed by atoms with Crippen LogP contribution in [0.15, 0.2) is 42.5 Å². The number of fused-ring (bicyclic) bond motifs is 1. The lowest BCUT2D eigenvalue weighted by Gasteiger charge is -2.42. The van der Waals surface area contributed by atoms with E-state index in [1.165, 1.54) is 30.9 Å². The van der Waals surface area contributed by atoms with Crippen LogP contribution < -0.4 is 4.90 Å². The summed E-state index contributed by atoms with van der Waals surface area (Å²) in [6, 6.07) is 7.41. The van der Waals surface area contributed by atoms with Crippen LogP contribution in [0.3, 0.4) is 0 Å². The Labute approximate surface area is 171 Å². The third-order valence-corrected chi connectivity index (χ3v) is 5.38. The number of halogens is 4. The zero-order chi connectivity index (χ0) is 22.3. The molecule has 0 aromatic heterocycles. The minimum absolute atomic E-state index is 0.0261. The van der Waals surface area contributed by atoms with E-state index in [-0.39, 0.29) is 23.6 Å². The SMILES string of the molecule is CC(C)(CC(O)(CN1CC=Cc2ccc(O)cc21)C(F)(F)F)c1cc(F)ccc1O. The van der Waals surface area contributed by atoms with E-state index in [1.807, 2.05) is 0 Å². The lowest BCUT2D eigenvalue weighted by atomic mass is 9.74. The van der Waals surface area contributed by atoms with Gasteiger partial charge in [-0.15, -0.1) is 0 Å². The van der Waals surface area contributed by atoms with E-state index in [0.717, 1.165) is 18.2 Å². The predicted octanol–water partition coefficient (Wildman–Crippen LogP) is 4.73. The summed E-state index contributed by atoms with van der Waals surface area (Å²) in [7, 11) is 0. The summed E-state index contributed by atoms with van der Waals surface area (Å²) in [5.41, 5.74) is -3.61. The highest BCUT2D eigenvalue weighted by molar-refractivity contribution is 5.72. The van der Waals surface area contributed by atoms with Gasteiger partial charge < -0.3 is 20.2 Å². The number of β-amino-alcohol motifs (C(OH)–C–C–N with tert-alkyl or cyclic N) is 1. The first-order valence-electron chi connectivity index (χ1n) is 9.35. The van der Waals surface area contributed by atoms with Gasteiger partial charge in [0.15, 0.2) is 5.60 Å². The van der Waals surface area contributed by atoms with Crippen LogP contribution in [0.5, 0.6) is 11.5 Å². The maximum absolute atomic E-state index is 14.1. The van der Waals surface area contributed by atoms with E-state index in [9.17, 15) is 32.9 Å². The second kappa shape index (κ2) is 7.50. The normalized spacial score (nSPS) is 16.3. The largest absolute Gasteiger partial charge is 0.508 e. The van der Waals surface area contributed by atoms with Crippen molar-refractivity contribution in [3.05, 3.63) is 59.4 Å². The van der Waals surface area contributed by atoms with Gasteiger partial charge in [-0.2, -0.15) is 13.2 Å². The molecule has 0 radical (unpaired) electrons. The molecule has 3 rings (SSSR count). The molecule has 3 N–H and O–H groups in total. The van der Waals surface area contributed by atoms with Gasteiger partial charge in [0.2, 0.25) is 0 Å². The standard InChI is InChI=1S/C22H23F4NO3/c1-20(2,17-10-15(23)6-8-19(17)29)12-21(30,22(24,25)26)13-27-9-3-4-14-5-7-16(28)11-18(14)27/h3-8,10-11,28-30H,9,12-13H2,1-2H3. The number of aromatic hydroxyl groups is 2. The number of aliphatic hydroxyl groups is 1. The first kappa shape index (κ1) is 22.0. The van der Waals surface area contributed by atoms with E-state index in [4.69, 9.17) is 0 Å². The Morgan fingerprint density at radius 1 is 1.03 bits per heavy atom. The highest BCUT2D eigenvalue weighted by atomic mass is 19.4. The summed E-state index contributed by atoms with van der Waals surface area (Å²) in [6.07, 6.45) is -2.41. The van der Waals surface area contributed by atoms with Gasteiger partial charge in [-0.05, 0) is 47.7 Å². The molecule has 0 spiro atoms. The fraction of sp³-hybridized carbons (Fsp3) is 0.364. The zero-order valence-corrected chi connectivity index (χ0v) is 16.5. The quantitative estimate of drug-likeness (QED) is 0.606. The Morgan fingerprint density at radius 2 is 1.73 bits per heavy atom. The van der Waals surface area contributed by atoms with Crippen LogP contribution in [0.1, 0.15) is 31.4 Å². The van der Waals surface area contributed by atoms with Gasteiger partial charge in [0.25, 0.3) is 0 Å². The van der Waals surface area contributed by atoms with Crippen molar-refractivity contribution in [3.63, 3.8) is 0 Å². The molecular formula is C22H23F4NO3. The second-order valence-electron chi connectivity index (χ2n) is 8.28. The van der Waals surface area contributed by atoms with Crippen molar-refractivity contribution in [1.82, 2.24) is 0 Å². The number of rotatable bonds is 5. The summed E-state index contributed by atoms with van der Waals surface area (Å²) in [4.78, 5) is 1.34. The van der Waals surface area contributed by atoms with Crippen LogP contribution >= 0.6 is 0 Å². The molecular weight excluding hydrogens is 402 g/mol. The number of nitrogens with zero attached hydrogens (tertiary/aromatic N) is 1. The molecule has 2 aromatic carbocycles. The molecule has 1 aliphatic heterocycles. The van der Waals surface area contributed by atoms with Gasteiger partial charge in [-0.1, -0.05) is 26.0 Å².